The lowest BCUT2D eigenvalue weighted by molar-refractivity contribution is 0.0698. The van der Waals surface area contributed by atoms with Crippen molar-refractivity contribution in [1.29, 1.82) is 0 Å². The Balaban J connectivity index is 1.73. The molecule has 0 fully saturated rings. The molecule has 3 nitrogen and oxygen atoms in total. The predicted octanol–water partition coefficient (Wildman–Crippen LogP) is 4.68. The third-order valence-corrected chi connectivity index (χ3v) is 6.06. The zero-order valence-corrected chi connectivity index (χ0v) is 15.6. The van der Waals surface area contributed by atoms with Gasteiger partial charge in [-0.3, -0.25) is 4.79 Å². The number of nitrogens with zero attached hydrogens (tertiary/aromatic N) is 1. The SMILES string of the molecule is O=C(c1ccc(CO)cc1)N1CCc2ccsc2C1c1ccc(Cl)cc1. The van der Waals surface area contributed by atoms with E-state index in [1.807, 2.05) is 29.2 Å². The maximum atomic E-state index is 13.2. The molecular weight excluding hydrogens is 366 g/mol. The van der Waals surface area contributed by atoms with Crippen LogP contribution in [0.3, 0.4) is 0 Å². The van der Waals surface area contributed by atoms with Gasteiger partial charge in [-0.15, -0.1) is 11.3 Å². The molecule has 0 spiro atoms. The van der Waals surface area contributed by atoms with Crippen molar-refractivity contribution >= 4 is 28.8 Å². The van der Waals surface area contributed by atoms with Crippen molar-refractivity contribution in [3.8, 4) is 0 Å². The molecule has 1 N–H and O–H groups in total. The number of aliphatic hydroxyl groups is 1. The van der Waals surface area contributed by atoms with Crippen LogP contribution in [-0.4, -0.2) is 22.5 Å². The van der Waals surface area contributed by atoms with Gasteiger partial charge in [0.15, 0.2) is 0 Å². The van der Waals surface area contributed by atoms with E-state index in [4.69, 9.17) is 11.6 Å². The Labute approximate surface area is 161 Å². The Morgan fingerprint density at radius 3 is 2.54 bits per heavy atom. The number of halogens is 1. The summed E-state index contributed by atoms with van der Waals surface area (Å²) in [5.41, 5.74) is 3.82. The van der Waals surface area contributed by atoms with E-state index >= 15 is 0 Å². The van der Waals surface area contributed by atoms with Crippen molar-refractivity contribution in [3.05, 3.63) is 92.1 Å². The van der Waals surface area contributed by atoms with Crippen molar-refractivity contribution in [2.75, 3.05) is 6.54 Å². The van der Waals surface area contributed by atoms with Gasteiger partial charge in [0.2, 0.25) is 0 Å². The molecule has 0 radical (unpaired) electrons. The fourth-order valence-electron chi connectivity index (χ4n) is 3.42. The fourth-order valence-corrected chi connectivity index (χ4v) is 4.64. The van der Waals surface area contributed by atoms with Crippen LogP contribution in [0.2, 0.25) is 5.02 Å². The molecule has 1 aliphatic rings. The molecule has 2 aromatic carbocycles. The highest BCUT2D eigenvalue weighted by Gasteiger charge is 2.33. The van der Waals surface area contributed by atoms with E-state index in [-0.39, 0.29) is 18.6 Å². The highest BCUT2D eigenvalue weighted by atomic mass is 35.5. The Morgan fingerprint density at radius 1 is 1.12 bits per heavy atom. The smallest absolute Gasteiger partial charge is 0.254 e. The van der Waals surface area contributed by atoms with E-state index in [0.29, 0.717) is 17.1 Å². The second-order valence-electron chi connectivity index (χ2n) is 6.37. The maximum absolute atomic E-state index is 13.2. The predicted molar refractivity (Wildman–Crippen MR) is 105 cm³/mol. The molecular formula is C21H18ClNO2S. The van der Waals surface area contributed by atoms with Gasteiger partial charge in [-0.2, -0.15) is 0 Å². The van der Waals surface area contributed by atoms with Crippen LogP contribution in [0, 0.1) is 0 Å². The summed E-state index contributed by atoms with van der Waals surface area (Å²) in [7, 11) is 0. The Hall–Kier alpha value is -2.14. The Morgan fingerprint density at radius 2 is 1.85 bits per heavy atom. The number of hydrogen-bond acceptors (Lipinski definition) is 3. The average molecular weight is 384 g/mol. The summed E-state index contributed by atoms with van der Waals surface area (Å²) in [6.45, 7) is 0.655. The van der Waals surface area contributed by atoms with Crippen molar-refractivity contribution in [1.82, 2.24) is 4.90 Å². The first kappa shape index (κ1) is 17.3. The van der Waals surface area contributed by atoms with Crippen LogP contribution in [0.25, 0.3) is 0 Å². The molecule has 3 aromatic rings. The zero-order chi connectivity index (χ0) is 18.1. The van der Waals surface area contributed by atoms with Crippen LogP contribution >= 0.6 is 22.9 Å². The molecule has 0 aliphatic carbocycles. The van der Waals surface area contributed by atoms with E-state index in [2.05, 4.69) is 11.4 Å². The third-order valence-electron chi connectivity index (χ3n) is 4.79. The maximum Gasteiger partial charge on any atom is 0.254 e. The molecule has 2 heterocycles. The minimum Gasteiger partial charge on any atom is -0.392 e. The van der Waals surface area contributed by atoms with E-state index in [0.717, 1.165) is 17.5 Å². The lowest BCUT2D eigenvalue weighted by Crippen LogP contribution is -2.40. The summed E-state index contributed by atoms with van der Waals surface area (Å²) < 4.78 is 0. The largest absolute Gasteiger partial charge is 0.392 e. The topological polar surface area (TPSA) is 40.5 Å². The van der Waals surface area contributed by atoms with Gasteiger partial charge in [0.05, 0.1) is 12.6 Å². The molecule has 0 bridgehead atoms. The number of amides is 1. The molecule has 1 unspecified atom stereocenters. The summed E-state index contributed by atoms with van der Waals surface area (Å²) in [6.07, 6.45) is 0.864. The Kier molecular flexibility index (Phi) is 4.81. The molecule has 26 heavy (non-hydrogen) atoms. The van der Waals surface area contributed by atoms with Crippen LogP contribution in [-0.2, 0) is 13.0 Å². The monoisotopic (exact) mass is 383 g/mol. The summed E-state index contributed by atoms with van der Waals surface area (Å²) >= 11 is 7.75. The zero-order valence-electron chi connectivity index (χ0n) is 14.1. The molecule has 1 aromatic heterocycles. The first-order chi connectivity index (χ1) is 12.7. The molecule has 1 amide bonds. The molecule has 0 saturated carbocycles. The number of carbonyl (C=O) groups is 1. The molecule has 5 heteroatoms. The fraction of sp³-hybridized carbons (Fsp3) is 0.190. The van der Waals surface area contributed by atoms with Crippen LogP contribution in [0.5, 0.6) is 0 Å². The van der Waals surface area contributed by atoms with Gasteiger partial charge in [0, 0.05) is 22.0 Å². The van der Waals surface area contributed by atoms with Crippen molar-refractivity contribution in [2.45, 2.75) is 19.1 Å². The highest BCUT2D eigenvalue weighted by Crippen LogP contribution is 2.39. The highest BCUT2D eigenvalue weighted by molar-refractivity contribution is 7.10. The summed E-state index contributed by atoms with van der Waals surface area (Å²) in [5, 5.41) is 12.0. The van der Waals surface area contributed by atoms with Gasteiger partial charge in [-0.1, -0.05) is 35.9 Å². The van der Waals surface area contributed by atoms with E-state index in [1.54, 1.807) is 35.6 Å². The first-order valence-corrected chi connectivity index (χ1v) is 9.75. The number of benzene rings is 2. The molecule has 1 aliphatic heterocycles. The number of hydrogen-bond donors (Lipinski definition) is 1. The quantitative estimate of drug-likeness (QED) is 0.713. The van der Waals surface area contributed by atoms with E-state index in [9.17, 15) is 9.90 Å². The van der Waals surface area contributed by atoms with Crippen molar-refractivity contribution in [2.24, 2.45) is 0 Å². The molecule has 4 rings (SSSR count). The Bertz CT molecular complexity index is 918. The summed E-state index contributed by atoms with van der Waals surface area (Å²) in [4.78, 5) is 16.4. The second kappa shape index (κ2) is 7.23. The number of carbonyl (C=O) groups excluding carboxylic acids is 1. The van der Waals surface area contributed by atoms with Gasteiger partial charge >= 0.3 is 0 Å². The van der Waals surface area contributed by atoms with Crippen LogP contribution in [0.15, 0.2) is 60.0 Å². The number of fused-ring (bicyclic) bond motifs is 1. The molecule has 1 atom stereocenters. The lowest BCUT2D eigenvalue weighted by Gasteiger charge is -2.36. The minimum atomic E-state index is -0.0963. The van der Waals surface area contributed by atoms with Crippen molar-refractivity contribution < 1.29 is 9.90 Å². The van der Waals surface area contributed by atoms with E-state index in [1.165, 1.54) is 10.4 Å². The number of aliphatic hydroxyl groups excluding tert-OH is 1. The summed E-state index contributed by atoms with van der Waals surface area (Å²) in [5.74, 6) is 0.00786. The third kappa shape index (κ3) is 3.16. The van der Waals surface area contributed by atoms with Gasteiger partial charge in [0.25, 0.3) is 5.91 Å². The van der Waals surface area contributed by atoms with Gasteiger partial charge < -0.3 is 10.0 Å². The van der Waals surface area contributed by atoms with Gasteiger partial charge in [0.1, 0.15) is 0 Å². The summed E-state index contributed by atoms with van der Waals surface area (Å²) in [6, 6.07) is 17.0. The van der Waals surface area contributed by atoms with Crippen LogP contribution in [0.4, 0.5) is 0 Å². The first-order valence-electron chi connectivity index (χ1n) is 8.50. The van der Waals surface area contributed by atoms with Crippen LogP contribution < -0.4 is 0 Å². The average Bonchev–Trinajstić information content (AvgIpc) is 3.16. The molecule has 132 valence electrons. The standard InChI is InChI=1S/C21H18ClNO2S/c22-18-7-5-15(6-8-18)19-20-16(10-12-26-20)9-11-23(19)21(25)17-3-1-14(13-24)2-4-17/h1-8,10,12,19,24H,9,11,13H2. The lowest BCUT2D eigenvalue weighted by atomic mass is 9.94. The minimum absolute atomic E-state index is 0.00786. The normalized spacial score (nSPS) is 16.4. The second-order valence-corrected chi connectivity index (χ2v) is 7.75. The van der Waals surface area contributed by atoms with Gasteiger partial charge in [-0.05, 0) is 58.8 Å². The van der Waals surface area contributed by atoms with E-state index < -0.39 is 0 Å². The van der Waals surface area contributed by atoms with Crippen LogP contribution in [0.1, 0.15) is 38.0 Å². The van der Waals surface area contributed by atoms with Crippen molar-refractivity contribution in [3.63, 3.8) is 0 Å². The number of thiophene rings is 1. The van der Waals surface area contributed by atoms with Gasteiger partial charge in [-0.25, -0.2) is 0 Å². The molecule has 0 saturated heterocycles. The number of rotatable bonds is 3.